The third-order valence-electron chi connectivity index (χ3n) is 4.57. The highest BCUT2D eigenvalue weighted by Gasteiger charge is 2.35. The van der Waals surface area contributed by atoms with Gasteiger partial charge in [-0.25, -0.2) is 0 Å². The van der Waals surface area contributed by atoms with Gasteiger partial charge in [-0.15, -0.1) is 0 Å². The van der Waals surface area contributed by atoms with Crippen LogP contribution in [0.5, 0.6) is 0 Å². The van der Waals surface area contributed by atoms with Gasteiger partial charge in [-0.05, 0) is 30.4 Å². The lowest BCUT2D eigenvalue weighted by molar-refractivity contribution is -0.140. The Morgan fingerprint density at radius 2 is 2.18 bits per heavy atom. The van der Waals surface area contributed by atoms with Crippen molar-refractivity contribution >= 4 is 11.8 Å². The molecule has 2 unspecified atom stereocenters. The summed E-state index contributed by atoms with van der Waals surface area (Å²) in [5.74, 6) is -0.0661. The molecule has 0 aromatic heterocycles. The van der Waals surface area contributed by atoms with Crippen molar-refractivity contribution in [2.75, 3.05) is 20.2 Å². The van der Waals surface area contributed by atoms with E-state index >= 15 is 0 Å². The molecule has 1 aromatic rings. The van der Waals surface area contributed by atoms with E-state index in [0.717, 1.165) is 24.8 Å². The minimum atomic E-state index is -0.323. The molecule has 0 saturated carbocycles. The van der Waals surface area contributed by atoms with Crippen molar-refractivity contribution in [1.82, 2.24) is 10.2 Å². The highest BCUT2D eigenvalue weighted by molar-refractivity contribution is 5.88. The molecule has 0 aliphatic carbocycles. The fourth-order valence-electron chi connectivity index (χ4n) is 3.43. The molecule has 118 valence electrons. The average molecular weight is 302 g/mol. The average Bonchev–Trinajstić information content (AvgIpc) is 3.04. The Morgan fingerprint density at radius 3 is 3.00 bits per heavy atom. The quantitative estimate of drug-likeness (QED) is 0.919. The Balaban J connectivity index is 1.71. The van der Waals surface area contributed by atoms with Gasteiger partial charge in [-0.3, -0.25) is 9.59 Å². The van der Waals surface area contributed by atoms with Crippen molar-refractivity contribution in [1.29, 1.82) is 0 Å². The number of amides is 2. The molecule has 0 radical (unpaired) electrons. The van der Waals surface area contributed by atoms with E-state index in [4.69, 9.17) is 4.74 Å². The maximum atomic E-state index is 12.6. The number of likely N-dealkylation sites (N-methyl/N-ethyl adjacent to an activating group) is 1. The predicted octanol–water partition coefficient (Wildman–Crippen LogP) is 1.43. The lowest BCUT2D eigenvalue weighted by Gasteiger charge is -2.29. The fraction of sp³-hybridized carbons (Fsp3) is 0.529. The number of nitrogens with one attached hydrogen (secondary N) is 1. The van der Waals surface area contributed by atoms with E-state index in [0.29, 0.717) is 19.6 Å². The summed E-state index contributed by atoms with van der Waals surface area (Å²) in [4.78, 5) is 26.2. The second-order valence-corrected chi connectivity index (χ2v) is 5.87. The number of carbonyl (C=O) groups is 2. The molecule has 1 aromatic carbocycles. The van der Waals surface area contributed by atoms with Crippen LogP contribution in [0.25, 0.3) is 0 Å². The third-order valence-corrected chi connectivity index (χ3v) is 4.57. The number of rotatable bonds is 3. The number of fused-ring (bicyclic) bond motifs is 1. The highest BCUT2D eigenvalue weighted by atomic mass is 16.5. The monoisotopic (exact) mass is 302 g/mol. The van der Waals surface area contributed by atoms with E-state index in [1.807, 2.05) is 18.2 Å². The predicted molar refractivity (Wildman–Crippen MR) is 82.3 cm³/mol. The molecule has 2 atom stereocenters. The lowest BCUT2D eigenvalue weighted by Crippen LogP contribution is -2.45. The zero-order valence-corrected chi connectivity index (χ0v) is 12.9. The molecular formula is C17H22N2O3. The first kappa shape index (κ1) is 15.0. The van der Waals surface area contributed by atoms with Crippen LogP contribution in [-0.2, 0) is 20.7 Å². The molecule has 22 heavy (non-hydrogen) atoms. The van der Waals surface area contributed by atoms with Crippen LogP contribution < -0.4 is 5.32 Å². The summed E-state index contributed by atoms with van der Waals surface area (Å²) in [5, 5.41) is 2.65. The minimum Gasteiger partial charge on any atom is -0.373 e. The molecule has 2 amide bonds. The first-order valence-electron chi connectivity index (χ1n) is 7.91. The molecule has 2 aliphatic heterocycles. The normalized spacial score (nSPS) is 24.0. The van der Waals surface area contributed by atoms with Gasteiger partial charge < -0.3 is 15.0 Å². The lowest BCUT2D eigenvalue weighted by atomic mass is 9.95. The molecule has 1 N–H and O–H groups in total. The summed E-state index contributed by atoms with van der Waals surface area (Å²) in [7, 11) is 1.61. The third kappa shape index (κ3) is 2.86. The molecule has 0 bridgehead atoms. The highest BCUT2D eigenvalue weighted by Crippen LogP contribution is 2.31. The number of benzene rings is 1. The van der Waals surface area contributed by atoms with Crippen LogP contribution in [0.2, 0.25) is 0 Å². The van der Waals surface area contributed by atoms with Crippen molar-refractivity contribution < 1.29 is 14.3 Å². The van der Waals surface area contributed by atoms with Gasteiger partial charge in [-0.1, -0.05) is 24.3 Å². The number of nitrogens with zero attached hydrogens (tertiary/aromatic N) is 1. The van der Waals surface area contributed by atoms with Crippen LogP contribution in [-0.4, -0.2) is 43.0 Å². The topological polar surface area (TPSA) is 58.6 Å². The van der Waals surface area contributed by atoms with Gasteiger partial charge in [0.2, 0.25) is 11.8 Å². The van der Waals surface area contributed by atoms with Gasteiger partial charge in [0.05, 0.1) is 19.1 Å². The van der Waals surface area contributed by atoms with E-state index in [-0.39, 0.29) is 24.0 Å². The molecule has 2 heterocycles. The number of likely N-dealkylation sites (tertiary alicyclic amines) is 1. The molecule has 5 heteroatoms. The molecular weight excluding hydrogens is 280 g/mol. The van der Waals surface area contributed by atoms with E-state index in [1.165, 1.54) is 5.56 Å². The van der Waals surface area contributed by atoms with Crippen molar-refractivity contribution in [3.05, 3.63) is 35.4 Å². The van der Waals surface area contributed by atoms with Crippen LogP contribution in [0.3, 0.4) is 0 Å². The summed E-state index contributed by atoms with van der Waals surface area (Å²) in [6.07, 6.45) is 2.64. The van der Waals surface area contributed by atoms with E-state index in [1.54, 1.807) is 11.9 Å². The van der Waals surface area contributed by atoms with Crippen molar-refractivity contribution in [2.45, 2.75) is 37.8 Å². The fourth-order valence-corrected chi connectivity index (χ4v) is 3.43. The molecule has 2 aliphatic rings. The summed E-state index contributed by atoms with van der Waals surface area (Å²) in [6, 6.07) is 7.81. The summed E-state index contributed by atoms with van der Waals surface area (Å²) >= 11 is 0. The Labute approximate surface area is 130 Å². The number of carbonyl (C=O) groups excluding carboxylic acids is 2. The Kier molecular flexibility index (Phi) is 4.43. The van der Waals surface area contributed by atoms with Gasteiger partial charge in [0.25, 0.3) is 0 Å². The Morgan fingerprint density at radius 1 is 1.36 bits per heavy atom. The smallest absolute Gasteiger partial charge is 0.242 e. The SMILES string of the molecule is CNC(=O)C1CCCN1C(=O)CC1OCCc2ccccc21. The molecule has 5 nitrogen and oxygen atoms in total. The number of hydrogen-bond donors (Lipinski definition) is 1. The van der Waals surface area contributed by atoms with E-state index < -0.39 is 0 Å². The van der Waals surface area contributed by atoms with Crippen LogP contribution in [0, 0.1) is 0 Å². The zero-order chi connectivity index (χ0) is 15.5. The second-order valence-electron chi connectivity index (χ2n) is 5.87. The first-order valence-corrected chi connectivity index (χ1v) is 7.91. The van der Waals surface area contributed by atoms with Gasteiger partial charge in [-0.2, -0.15) is 0 Å². The summed E-state index contributed by atoms with van der Waals surface area (Å²) < 4.78 is 5.81. The van der Waals surface area contributed by atoms with E-state index in [9.17, 15) is 9.59 Å². The summed E-state index contributed by atoms with van der Waals surface area (Å²) in [6.45, 7) is 1.30. The van der Waals surface area contributed by atoms with Gasteiger partial charge in [0.1, 0.15) is 6.04 Å². The molecule has 1 fully saturated rings. The van der Waals surface area contributed by atoms with Gasteiger partial charge in [0.15, 0.2) is 0 Å². The zero-order valence-electron chi connectivity index (χ0n) is 12.9. The Bertz CT molecular complexity index is 573. The Hall–Kier alpha value is -1.88. The number of hydrogen-bond acceptors (Lipinski definition) is 3. The maximum Gasteiger partial charge on any atom is 0.242 e. The van der Waals surface area contributed by atoms with E-state index in [2.05, 4.69) is 11.4 Å². The van der Waals surface area contributed by atoms with Crippen molar-refractivity contribution in [3.63, 3.8) is 0 Å². The maximum absolute atomic E-state index is 12.6. The van der Waals surface area contributed by atoms with Gasteiger partial charge >= 0.3 is 0 Å². The summed E-state index contributed by atoms with van der Waals surface area (Å²) in [5.41, 5.74) is 2.37. The van der Waals surface area contributed by atoms with Crippen molar-refractivity contribution in [2.24, 2.45) is 0 Å². The molecule has 1 saturated heterocycles. The number of ether oxygens (including phenoxy) is 1. The largest absolute Gasteiger partial charge is 0.373 e. The van der Waals surface area contributed by atoms with Crippen LogP contribution in [0.15, 0.2) is 24.3 Å². The first-order chi connectivity index (χ1) is 10.7. The standard InChI is InChI=1S/C17H22N2O3/c1-18-17(21)14-7-4-9-19(14)16(20)11-15-13-6-3-2-5-12(13)8-10-22-15/h2-3,5-6,14-15H,4,7-11H2,1H3,(H,18,21). The van der Waals surface area contributed by atoms with Crippen LogP contribution >= 0.6 is 0 Å². The van der Waals surface area contributed by atoms with Crippen LogP contribution in [0.4, 0.5) is 0 Å². The molecule has 3 rings (SSSR count). The van der Waals surface area contributed by atoms with Crippen molar-refractivity contribution in [3.8, 4) is 0 Å². The van der Waals surface area contributed by atoms with Crippen LogP contribution in [0.1, 0.15) is 36.5 Å². The molecule has 0 spiro atoms. The van der Waals surface area contributed by atoms with Gasteiger partial charge in [0, 0.05) is 13.6 Å². The minimum absolute atomic E-state index is 0.00723. The second kappa shape index (κ2) is 6.48.